The van der Waals surface area contributed by atoms with E-state index in [0.717, 1.165) is 35.7 Å². The SMILES string of the molecule is CC1CN(C(C)C(=O)Nc2ccc(Cc3nc4ccccc4s3)cc2)CC(C)O1. The first-order valence-electron chi connectivity index (χ1n) is 10.1. The van der Waals surface area contributed by atoms with Gasteiger partial charge in [-0.05, 0) is 50.6 Å². The fourth-order valence-electron chi connectivity index (χ4n) is 3.82. The number of para-hydroxylation sites is 1. The van der Waals surface area contributed by atoms with E-state index >= 15 is 0 Å². The van der Waals surface area contributed by atoms with E-state index in [4.69, 9.17) is 9.72 Å². The van der Waals surface area contributed by atoms with Gasteiger partial charge in [-0.15, -0.1) is 11.3 Å². The Bertz CT molecular complexity index is 942. The molecule has 4 rings (SSSR count). The molecule has 1 aliphatic rings. The van der Waals surface area contributed by atoms with Gasteiger partial charge in [0.2, 0.25) is 5.91 Å². The maximum absolute atomic E-state index is 12.7. The van der Waals surface area contributed by atoms with Crippen LogP contribution in [0.4, 0.5) is 5.69 Å². The van der Waals surface area contributed by atoms with Gasteiger partial charge in [-0.2, -0.15) is 0 Å². The van der Waals surface area contributed by atoms with Crippen molar-refractivity contribution in [2.75, 3.05) is 18.4 Å². The van der Waals surface area contributed by atoms with Crippen molar-refractivity contribution in [2.45, 2.75) is 45.4 Å². The van der Waals surface area contributed by atoms with Crippen LogP contribution < -0.4 is 5.32 Å². The highest BCUT2D eigenvalue weighted by Gasteiger charge is 2.29. The summed E-state index contributed by atoms with van der Waals surface area (Å²) in [5.74, 6) is 0.0187. The first-order chi connectivity index (χ1) is 14.0. The van der Waals surface area contributed by atoms with Crippen molar-refractivity contribution in [2.24, 2.45) is 0 Å². The Morgan fingerprint density at radius 2 is 1.86 bits per heavy atom. The number of fused-ring (bicyclic) bond motifs is 1. The molecular weight excluding hydrogens is 382 g/mol. The van der Waals surface area contributed by atoms with Crippen LogP contribution in [0.3, 0.4) is 0 Å². The van der Waals surface area contributed by atoms with Gasteiger partial charge in [-0.1, -0.05) is 24.3 Å². The number of hydrogen-bond acceptors (Lipinski definition) is 5. The number of amides is 1. The molecule has 152 valence electrons. The minimum absolute atomic E-state index is 0.0187. The van der Waals surface area contributed by atoms with Gasteiger partial charge >= 0.3 is 0 Å². The molecule has 3 atom stereocenters. The number of benzene rings is 2. The number of ether oxygens (including phenoxy) is 1. The number of anilines is 1. The van der Waals surface area contributed by atoms with Gasteiger partial charge < -0.3 is 10.1 Å². The summed E-state index contributed by atoms with van der Waals surface area (Å²) in [6, 6.07) is 16.1. The smallest absolute Gasteiger partial charge is 0.241 e. The van der Waals surface area contributed by atoms with Crippen molar-refractivity contribution < 1.29 is 9.53 Å². The summed E-state index contributed by atoms with van der Waals surface area (Å²) in [6.07, 6.45) is 1.10. The zero-order valence-corrected chi connectivity index (χ0v) is 17.9. The van der Waals surface area contributed by atoms with Gasteiger partial charge in [0.15, 0.2) is 0 Å². The molecule has 1 fully saturated rings. The Kier molecular flexibility index (Phi) is 5.94. The average molecular weight is 410 g/mol. The first-order valence-corrected chi connectivity index (χ1v) is 10.9. The van der Waals surface area contributed by atoms with Crippen LogP contribution >= 0.6 is 11.3 Å². The number of aromatic nitrogens is 1. The molecule has 1 aromatic heterocycles. The van der Waals surface area contributed by atoms with Crippen molar-refractivity contribution in [1.82, 2.24) is 9.88 Å². The molecule has 2 aromatic carbocycles. The summed E-state index contributed by atoms with van der Waals surface area (Å²) < 4.78 is 6.98. The van der Waals surface area contributed by atoms with Crippen molar-refractivity contribution in [3.05, 3.63) is 59.1 Å². The summed E-state index contributed by atoms with van der Waals surface area (Å²) in [7, 11) is 0. The fourth-order valence-corrected chi connectivity index (χ4v) is 4.82. The molecule has 2 heterocycles. The lowest BCUT2D eigenvalue weighted by Crippen LogP contribution is -2.52. The standard InChI is InChI=1S/C23H27N3O2S/c1-15-13-26(14-16(2)28-15)17(3)23(27)24-19-10-8-18(9-11-19)12-22-25-20-6-4-5-7-21(20)29-22/h4-11,15-17H,12-14H2,1-3H3,(H,24,27). The highest BCUT2D eigenvalue weighted by molar-refractivity contribution is 7.18. The Labute approximate surface area is 175 Å². The maximum Gasteiger partial charge on any atom is 0.241 e. The van der Waals surface area contributed by atoms with Gasteiger partial charge in [0.25, 0.3) is 0 Å². The first kappa shape index (κ1) is 20.0. The lowest BCUT2D eigenvalue weighted by molar-refractivity contribution is -0.126. The topological polar surface area (TPSA) is 54.5 Å². The van der Waals surface area contributed by atoms with Crippen LogP contribution in [0.2, 0.25) is 0 Å². The highest BCUT2D eigenvalue weighted by Crippen LogP contribution is 2.24. The molecule has 29 heavy (non-hydrogen) atoms. The van der Waals surface area contributed by atoms with E-state index in [0.29, 0.717) is 0 Å². The van der Waals surface area contributed by atoms with Crippen LogP contribution in [0.1, 0.15) is 31.3 Å². The molecule has 0 aliphatic carbocycles. The molecule has 1 aliphatic heterocycles. The van der Waals surface area contributed by atoms with Gasteiger partial charge in [0.05, 0.1) is 33.5 Å². The molecule has 1 saturated heterocycles. The number of nitrogens with one attached hydrogen (secondary N) is 1. The molecule has 0 radical (unpaired) electrons. The van der Waals surface area contributed by atoms with Gasteiger partial charge in [-0.25, -0.2) is 4.98 Å². The van der Waals surface area contributed by atoms with E-state index in [2.05, 4.69) is 42.3 Å². The molecule has 3 unspecified atom stereocenters. The molecule has 1 N–H and O–H groups in total. The highest BCUT2D eigenvalue weighted by atomic mass is 32.1. The van der Waals surface area contributed by atoms with E-state index < -0.39 is 0 Å². The quantitative estimate of drug-likeness (QED) is 0.682. The summed E-state index contributed by atoms with van der Waals surface area (Å²) in [6.45, 7) is 7.62. The second-order valence-corrected chi connectivity index (χ2v) is 8.94. The number of thiazole rings is 1. The van der Waals surface area contributed by atoms with Crippen LogP contribution in [-0.4, -0.2) is 47.1 Å². The molecule has 0 saturated carbocycles. The zero-order chi connectivity index (χ0) is 20.4. The van der Waals surface area contributed by atoms with E-state index in [1.54, 1.807) is 11.3 Å². The number of carbonyl (C=O) groups excluding carboxylic acids is 1. The van der Waals surface area contributed by atoms with Crippen LogP contribution in [0.15, 0.2) is 48.5 Å². The third-order valence-corrected chi connectivity index (χ3v) is 6.33. The molecule has 0 spiro atoms. The number of morpholine rings is 1. The van der Waals surface area contributed by atoms with E-state index in [9.17, 15) is 4.79 Å². The van der Waals surface area contributed by atoms with Crippen molar-refractivity contribution >= 4 is 33.1 Å². The third-order valence-electron chi connectivity index (χ3n) is 5.29. The predicted octanol–water partition coefficient (Wildman–Crippen LogP) is 4.32. The lowest BCUT2D eigenvalue weighted by Gasteiger charge is -2.38. The molecule has 3 aromatic rings. The summed E-state index contributed by atoms with van der Waals surface area (Å²) >= 11 is 1.73. The predicted molar refractivity (Wildman–Crippen MR) is 119 cm³/mol. The number of carbonyl (C=O) groups is 1. The Hall–Kier alpha value is -2.28. The minimum atomic E-state index is -0.189. The van der Waals surface area contributed by atoms with Crippen molar-refractivity contribution in [3.8, 4) is 0 Å². The van der Waals surface area contributed by atoms with Gasteiger partial charge in [0.1, 0.15) is 0 Å². The van der Waals surface area contributed by atoms with E-state index in [-0.39, 0.29) is 24.2 Å². The van der Waals surface area contributed by atoms with E-state index in [1.807, 2.05) is 37.3 Å². The van der Waals surface area contributed by atoms with Crippen LogP contribution in [-0.2, 0) is 16.0 Å². The van der Waals surface area contributed by atoms with Crippen molar-refractivity contribution in [3.63, 3.8) is 0 Å². The summed E-state index contributed by atoms with van der Waals surface area (Å²) in [5.41, 5.74) is 3.06. The zero-order valence-electron chi connectivity index (χ0n) is 17.1. The lowest BCUT2D eigenvalue weighted by atomic mass is 10.1. The molecule has 0 bridgehead atoms. The second kappa shape index (κ2) is 8.61. The summed E-state index contributed by atoms with van der Waals surface area (Å²) in [4.78, 5) is 19.6. The Balaban J connectivity index is 1.36. The molecular formula is C23H27N3O2S. The summed E-state index contributed by atoms with van der Waals surface area (Å²) in [5, 5.41) is 4.15. The number of nitrogens with zero attached hydrogens (tertiary/aromatic N) is 2. The van der Waals surface area contributed by atoms with Gasteiger partial charge in [0, 0.05) is 25.2 Å². The van der Waals surface area contributed by atoms with Crippen LogP contribution in [0, 0.1) is 0 Å². The number of rotatable bonds is 5. The van der Waals surface area contributed by atoms with Gasteiger partial charge in [-0.3, -0.25) is 9.69 Å². The monoisotopic (exact) mass is 409 g/mol. The van der Waals surface area contributed by atoms with Crippen LogP contribution in [0.5, 0.6) is 0 Å². The Morgan fingerprint density at radius 3 is 2.55 bits per heavy atom. The normalized spacial score (nSPS) is 21.2. The third kappa shape index (κ3) is 4.83. The van der Waals surface area contributed by atoms with E-state index in [1.165, 1.54) is 10.3 Å². The number of hydrogen-bond donors (Lipinski definition) is 1. The fraction of sp³-hybridized carbons (Fsp3) is 0.391. The minimum Gasteiger partial charge on any atom is -0.373 e. The largest absolute Gasteiger partial charge is 0.373 e. The molecule has 5 nitrogen and oxygen atoms in total. The Morgan fingerprint density at radius 1 is 1.17 bits per heavy atom. The average Bonchev–Trinajstić information content (AvgIpc) is 3.10. The van der Waals surface area contributed by atoms with Crippen molar-refractivity contribution in [1.29, 1.82) is 0 Å². The van der Waals surface area contributed by atoms with Crippen LogP contribution in [0.25, 0.3) is 10.2 Å². The molecule has 6 heteroatoms. The maximum atomic E-state index is 12.7. The molecule has 1 amide bonds. The second-order valence-electron chi connectivity index (χ2n) is 7.83.